The first-order chi connectivity index (χ1) is 24.3. The van der Waals surface area contributed by atoms with Gasteiger partial charge in [0.05, 0.1) is 16.7 Å². The summed E-state index contributed by atoms with van der Waals surface area (Å²) < 4.78 is 2.40. The molecule has 8 aromatic rings. The number of anilines is 3. The van der Waals surface area contributed by atoms with Gasteiger partial charge < -0.3 is 9.47 Å². The summed E-state index contributed by atoms with van der Waals surface area (Å²) in [6, 6.07) is 58.9. The molecule has 3 aliphatic rings. The van der Waals surface area contributed by atoms with Gasteiger partial charge in [-0.05, 0) is 113 Å². The van der Waals surface area contributed by atoms with E-state index >= 15 is 0 Å². The second-order valence-corrected chi connectivity index (χ2v) is 14.6. The first-order valence-corrected chi connectivity index (χ1v) is 17.9. The van der Waals surface area contributed by atoms with Crippen LogP contribution in [0.5, 0.6) is 0 Å². The second kappa shape index (κ2) is 10.2. The van der Waals surface area contributed by atoms with Crippen molar-refractivity contribution in [3.05, 3.63) is 169 Å². The van der Waals surface area contributed by atoms with Gasteiger partial charge in [0, 0.05) is 38.6 Å². The van der Waals surface area contributed by atoms with Crippen LogP contribution in [0.3, 0.4) is 0 Å². The Labute approximate surface area is 286 Å². The number of hydrogen-bond donors (Lipinski definition) is 0. The van der Waals surface area contributed by atoms with Gasteiger partial charge >= 0.3 is 0 Å². The molecule has 1 aromatic heterocycles. The Hall–Kier alpha value is -5.60. The van der Waals surface area contributed by atoms with Crippen molar-refractivity contribution in [1.29, 1.82) is 0 Å². The smallest absolute Gasteiger partial charge is 0.0542 e. The van der Waals surface area contributed by atoms with E-state index in [1.165, 1.54) is 92.1 Å². The topological polar surface area (TPSA) is 8.17 Å². The number of hydrogen-bond acceptors (Lipinski definition) is 1. The minimum atomic E-state index is 0.127. The standard InChI is InChI=1S/C47H36N2/c1-2-13-34(14-3-1)49-45-19-9-7-17-40(45)41-28-35(24-26-46(41)49)48(44-20-10-12-32-11-4-5-15-37(32)44)36-23-25-39-38-16-6-8-18-42(38)47(43(39)29-36)30-31-21-22-33(47)27-31/h1-20,23-26,28-29,31,33H,21-22,27,30H2. The number of benzene rings is 7. The highest BCUT2D eigenvalue weighted by Crippen LogP contribution is 2.66. The average Bonchev–Trinajstić information content (AvgIpc) is 3.93. The minimum absolute atomic E-state index is 0.127. The summed E-state index contributed by atoms with van der Waals surface area (Å²) >= 11 is 0. The molecular formula is C47H36N2. The third kappa shape index (κ3) is 3.77. The zero-order valence-electron chi connectivity index (χ0n) is 27.4. The molecule has 3 aliphatic carbocycles. The summed E-state index contributed by atoms with van der Waals surface area (Å²) in [6.45, 7) is 0. The van der Waals surface area contributed by atoms with E-state index in [2.05, 4.69) is 167 Å². The Morgan fingerprint density at radius 3 is 2.12 bits per heavy atom. The summed E-state index contributed by atoms with van der Waals surface area (Å²) in [5.74, 6) is 1.56. The van der Waals surface area contributed by atoms with Crippen LogP contribution < -0.4 is 4.90 Å². The molecule has 7 aromatic carbocycles. The van der Waals surface area contributed by atoms with Crippen LogP contribution in [0.2, 0.25) is 0 Å². The fraction of sp³-hybridized carbons (Fsp3) is 0.149. The zero-order valence-corrected chi connectivity index (χ0v) is 27.4. The fourth-order valence-electron chi connectivity index (χ4n) is 10.3. The molecule has 0 N–H and O–H groups in total. The zero-order chi connectivity index (χ0) is 32.1. The molecule has 0 radical (unpaired) electrons. The van der Waals surface area contributed by atoms with Crippen molar-refractivity contribution in [2.75, 3.05) is 4.90 Å². The van der Waals surface area contributed by atoms with E-state index in [1.807, 2.05) is 0 Å². The quantitative estimate of drug-likeness (QED) is 0.188. The highest BCUT2D eigenvalue weighted by Gasteiger charge is 2.56. The van der Waals surface area contributed by atoms with E-state index in [1.54, 1.807) is 11.1 Å². The molecular weight excluding hydrogens is 593 g/mol. The van der Waals surface area contributed by atoms with Crippen LogP contribution >= 0.6 is 0 Å². The van der Waals surface area contributed by atoms with Gasteiger partial charge in [0.15, 0.2) is 0 Å². The Bertz CT molecular complexity index is 2590. The molecule has 11 rings (SSSR count). The molecule has 234 valence electrons. The van der Waals surface area contributed by atoms with Crippen molar-refractivity contribution in [2.45, 2.75) is 31.1 Å². The lowest BCUT2D eigenvalue weighted by Gasteiger charge is -2.37. The summed E-state index contributed by atoms with van der Waals surface area (Å²) in [5.41, 5.74) is 13.4. The second-order valence-electron chi connectivity index (χ2n) is 14.6. The van der Waals surface area contributed by atoms with E-state index in [4.69, 9.17) is 0 Å². The van der Waals surface area contributed by atoms with Crippen molar-refractivity contribution in [3.63, 3.8) is 0 Å². The maximum Gasteiger partial charge on any atom is 0.0542 e. The predicted molar refractivity (Wildman–Crippen MR) is 205 cm³/mol. The van der Waals surface area contributed by atoms with Gasteiger partial charge in [0.1, 0.15) is 0 Å². The van der Waals surface area contributed by atoms with Crippen LogP contribution in [-0.4, -0.2) is 4.57 Å². The molecule has 2 saturated carbocycles. The minimum Gasteiger partial charge on any atom is -0.310 e. The molecule has 2 nitrogen and oxygen atoms in total. The van der Waals surface area contributed by atoms with Crippen LogP contribution in [0.4, 0.5) is 17.1 Å². The van der Waals surface area contributed by atoms with E-state index in [9.17, 15) is 0 Å². The molecule has 0 aliphatic heterocycles. The fourth-order valence-corrected chi connectivity index (χ4v) is 10.3. The third-order valence-corrected chi connectivity index (χ3v) is 12.2. The Balaban J connectivity index is 1.17. The summed E-state index contributed by atoms with van der Waals surface area (Å²) in [7, 11) is 0. The lowest BCUT2D eigenvalue weighted by molar-refractivity contribution is 0.327. The largest absolute Gasteiger partial charge is 0.310 e. The van der Waals surface area contributed by atoms with Crippen molar-refractivity contribution >= 4 is 49.6 Å². The van der Waals surface area contributed by atoms with E-state index in [-0.39, 0.29) is 5.41 Å². The Kier molecular flexibility index (Phi) is 5.70. The van der Waals surface area contributed by atoms with Gasteiger partial charge in [0.25, 0.3) is 0 Å². The molecule has 3 atom stereocenters. The molecule has 2 fully saturated rings. The molecule has 0 amide bonds. The van der Waals surface area contributed by atoms with E-state index in [0.717, 1.165) is 11.8 Å². The van der Waals surface area contributed by atoms with Gasteiger partial charge in [-0.3, -0.25) is 0 Å². The van der Waals surface area contributed by atoms with Crippen LogP contribution in [0.25, 0.3) is 49.4 Å². The van der Waals surface area contributed by atoms with Crippen molar-refractivity contribution in [2.24, 2.45) is 11.8 Å². The highest BCUT2D eigenvalue weighted by atomic mass is 15.1. The van der Waals surface area contributed by atoms with E-state index < -0.39 is 0 Å². The predicted octanol–water partition coefficient (Wildman–Crippen LogP) is 12.5. The normalized spacial score (nSPS) is 20.4. The SMILES string of the molecule is c1ccc(-n2c3ccccc3c3cc(N(c4ccc5c(c4)C4(CC6CCC4C6)c4ccccc4-5)c4cccc5ccccc45)ccc32)cc1. The Morgan fingerprint density at radius 2 is 1.24 bits per heavy atom. The number of nitrogens with zero attached hydrogens (tertiary/aromatic N) is 2. The first kappa shape index (κ1) is 27.4. The van der Waals surface area contributed by atoms with Gasteiger partial charge in [-0.15, -0.1) is 0 Å². The molecule has 2 heteroatoms. The molecule has 3 unspecified atom stereocenters. The lowest BCUT2D eigenvalue weighted by atomic mass is 9.67. The number of rotatable bonds is 4. The van der Waals surface area contributed by atoms with Gasteiger partial charge in [-0.2, -0.15) is 0 Å². The van der Waals surface area contributed by atoms with Crippen LogP contribution in [0.1, 0.15) is 36.8 Å². The van der Waals surface area contributed by atoms with Crippen LogP contribution in [-0.2, 0) is 5.41 Å². The molecule has 1 spiro atoms. The van der Waals surface area contributed by atoms with Gasteiger partial charge in [-0.25, -0.2) is 0 Å². The summed E-state index contributed by atoms with van der Waals surface area (Å²) in [6.07, 6.45) is 5.39. The summed E-state index contributed by atoms with van der Waals surface area (Å²) in [4.78, 5) is 2.53. The molecule has 0 saturated heterocycles. The number of para-hydroxylation sites is 2. The highest BCUT2D eigenvalue weighted by molar-refractivity contribution is 6.11. The maximum atomic E-state index is 2.58. The average molecular weight is 629 g/mol. The van der Waals surface area contributed by atoms with Crippen molar-refractivity contribution < 1.29 is 0 Å². The first-order valence-electron chi connectivity index (χ1n) is 17.9. The molecule has 1 heterocycles. The molecule has 2 bridgehead atoms. The maximum absolute atomic E-state index is 2.58. The number of aromatic nitrogens is 1. The molecule has 49 heavy (non-hydrogen) atoms. The van der Waals surface area contributed by atoms with Crippen molar-refractivity contribution in [3.8, 4) is 16.8 Å². The lowest BCUT2D eigenvalue weighted by Crippen LogP contribution is -2.32. The van der Waals surface area contributed by atoms with E-state index in [0.29, 0.717) is 0 Å². The van der Waals surface area contributed by atoms with Crippen LogP contribution in [0, 0.1) is 11.8 Å². The monoisotopic (exact) mass is 628 g/mol. The number of fused-ring (bicyclic) bond motifs is 12. The summed E-state index contributed by atoms with van der Waals surface area (Å²) in [5, 5.41) is 5.05. The van der Waals surface area contributed by atoms with Crippen LogP contribution in [0.15, 0.2) is 158 Å². The Morgan fingerprint density at radius 1 is 0.531 bits per heavy atom. The third-order valence-electron chi connectivity index (χ3n) is 12.2. The van der Waals surface area contributed by atoms with Crippen molar-refractivity contribution in [1.82, 2.24) is 4.57 Å². The van der Waals surface area contributed by atoms with Gasteiger partial charge in [0.2, 0.25) is 0 Å². The van der Waals surface area contributed by atoms with Gasteiger partial charge in [-0.1, -0.05) is 110 Å².